The van der Waals surface area contributed by atoms with Crippen molar-refractivity contribution in [2.75, 3.05) is 47.5 Å². The number of aliphatic hydroxyl groups excluding tert-OH is 2. The van der Waals surface area contributed by atoms with Crippen LogP contribution < -0.4 is 0 Å². The predicted octanol–water partition coefficient (Wildman–Crippen LogP) is 11.9. The monoisotopic (exact) mass is 817 g/mol. The minimum atomic E-state index is -4.40. The fraction of sp³-hybridized carbons (Fsp3) is 0.818. The number of quaternary nitrogens is 1. The normalized spacial score (nSPS) is 14.2. The Labute approximate surface area is 341 Å². The maximum absolute atomic E-state index is 12.7. The maximum Gasteiger partial charge on any atom is 0.472 e. The van der Waals surface area contributed by atoms with Crippen molar-refractivity contribution in [3.8, 4) is 0 Å². The summed E-state index contributed by atoms with van der Waals surface area (Å²) < 4.78 is 34.2. The number of hydrogen-bond donors (Lipinski definition) is 3. The summed E-state index contributed by atoms with van der Waals surface area (Å²) in [6.45, 7) is 4.16. The number of esters is 2. The second kappa shape index (κ2) is 36.0. The van der Waals surface area contributed by atoms with Crippen LogP contribution in [-0.4, -0.2) is 85.1 Å². The minimum absolute atomic E-state index is 0.00833. The van der Waals surface area contributed by atoms with E-state index in [-0.39, 0.29) is 31.8 Å². The number of allylic oxidation sites excluding steroid dienone is 5. The molecule has 3 N–H and O–H groups in total. The van der Waals surface area contributed by atoms with Crippen LogP contribution in [0.25, 0.3) is 0 Å². The van der Waals surface area contributed by atoms with Crippen LogP contribution >= 0.6 is 7.82 Å². The number of carbonyl (C=O) groups is 2. The molecule has 0 saturated carbocycles. The minimum Gasteiger partial charge on any atom is -0.513 e. The number of likely N-dealkylation sites (N-methyl/N-ethyl adjacent to an activating group) is 1. The lowest BCUT2D eigenvalue weighted by molar-refractivity contribution is -0.870. The Hall–Kier alpha value is -2.17. The number of phosphoric ester groups is 1. The molecule has 0 fully saturated rings. The van der Waals surface area contributed by atoms with E-state index in [1.165, 1.54) is 64.2 Å². The molecule has 0 aliphatic rings. The maximum atomic E-state index is 12.7. The van der Waals surface area contributed by atoms with Gasteiger partial charge in [0.2, 0.25) is 0 Å². The summed E-state index contributed by atoms with van der Waals surface area (Å²) >= 11 is 0. The molecule has 0 saturated heterocycles. The average Bonchev–Trinajstić information content (AvgIpc) is 3.13. The van der Waals surface area contributed by atoms with Crippen LogP contribution in [0, 0.1) is 0 Å². The van der Waals surface area contributed by atoms with E-state index >= 15 is 0 Å². The lowest BCUT2D eigenvalue weighted by Crippen LogP contribution is -2.37. The van der Waals surface area contributed by atoms with Gasteiger partial charge in [0.1, 0.15) is 19.8 Å². The van der Waals surface area contributed by atoms with Crippen molar-refractivity contribution in [1.82, 2.24) is 0 Å². The van der Waals surface area contributed by atoms with Crippen LogP contribution in [0.4, 0.5) is 0 Å². The van der Waals surface area contributed by atoms with Crippen molar-refractivity contribution in [3.63, 3.8) is 0 Å². The first kappa shape index (κ1) is 53.8. The molecule has 328 valence electrons. The van der Waals surface area contributed by atoms with Crippen molar-refractivity contribution in [2.24, 2.45) is 0 Å². The highest BCUT2D eigenvalue weighted by Crippen LogP contribution is 2.43. The Morgan fingerprint density at radius 1 is 0.625 bits per heavy atom. The van der Waals surface area contributed by atoms with Crippen molar-refractivity contribution in [1.29, 1.82) is 0 Å². The Morgan fingerprint density at radius 3 is 1.71 bits per heavy atom. The zero-order valence-corrected chi connectivity index (χ0v) is 37.1. The van der Waals surface area contributed by atoms with E-state index < -0.39 is 32.5 Å². The van der Waals surface area contributed by atoms with Crippen LogP contribution in [-0.2, 0) is 32.7 Å². The van der Waals surface area contributed by atoms with Gasteiger partial charge in [-0.15, -0.1) is 0 Å². The number of ether oxygens (including phenoxy) is 2. The Bertz CT molecular complexity index is 1120. The molecule has 0 radical (unpaired) electrons. The van der Waals surface area contributed by atoms with Gasteiger partial charge in [0, 0.05) is 25.7 Å². The van der Waals surface area contributed by atoms with E-state index in [1.54, 1.807) is 12.2 Å². The molecule has 0 aromatic rings. The smallest absolute Gasteiger partial charge is 0.472 e. The number of hydrogen-bond acceptors (Lipinski definition) is 9. The molecule has 0 spiro atoms. The molecule has 0 aromatic heterocycles. The van der Waals surface area contributed by atoms with E-state index in [4.69, 9.17) is 18.5 Å². The van der Waals surface area contributed by atoms with E-state index in [9.17, 15) is 29.3 Å². The summed E-state index contributed by atoms with van der Waals surface area (Å²) in [7, 11) is 1.39. The molecule has 11 nitrogen and oxygen atoms in total. The molecular formula is C44H83NO10P+. The fourth-order valence-electron chi connectivity index (χ4n) is 5.83. The molecule has 0 bridgehead atoms. The third kappa shape index (κ3) is 38.7. The van der Waals surface area contributed by atoms with Crippen molar-refractivity contribution >= 4 is 19.8 Å². The standard InChI is InChI=1S/C44H82NO10P/c1-6-8-10-11-12-13-14-15-16-17-20-23-27-34-43(48)52-38-42(39-54-56(50,51)53-37-36-45(3,4)5)55-44(49)35-28-24-21-18-19-22-26-31-41(47)33-29-32-40(46)30-25-9-7-2/h22,26,32-33,42H,6-21,23-25,27-31,34-39H2,1-5H3,(H2-,46,47,50,51)/p+1/b26-22+,40-32-,41-33-/t42-/m1/s1. The number of nitrogens with zero attached hydrogens (tertiary/aromatic N) is 1. The largest absolute Gasteiger partial charge is 0.513 e. The molecule has 0 aliphatic heterocycles. The highest BCUT2D eigenvalue weighted by molar-refractivity contribution is 7.47. The zero-order chi connectivity index (χ0) is 41.8. The summed E-state index contributed by atoms with van der Waals surface area (Å²) in [4.78, 5) is 35.3. The van der Waals surface area contributed by atoms with E-state index in [1.807, 2.05) is 33.3 Å². The van der Waals surface area contributed by atoms with Gasteiger partial charge in [0.25, 0.3) is 0 Å². The molecule has 2 atom stereocenters. The van der Waals surface area contributed by atoms with Gasteiger partial charge in [-0.05, 0) is 50.7 Å². The van der Waals surface area contributed by atoms with Gasteiger partial charge in [-0.25, -0.2) is 4.57 Å². The quantitative estimate of drug-likeness (QED) is 0.0137. The van der Waals surface area contributed by atoms with Crippen LogP contribution in [0.1, 0.15) is 181 Å². The summed E-state index contributed by atoms with van der Waals surface area (Å²) in [6.07, 6.45) is 31.5. The van der Waals surface area contributed by atoms with Crippen LogP contribution in [0.5, 0.6) is 0 Å². The van der Waals surface area contributed by atoms with E-state index in [0.29, 0.717) is 42.5 Å². The third-order valence-corrected chi connectivity index (χ3v) is 10.4. The summed E-state index contributed by atoms with van der Waals surface area (Å²) in [6, 6.07) is 0. The van der Waals surface area contributed by atoms with Gasteiger partial charge in [-0.2, -0.15) is 0 Å². The number of unbranched alkanes of at least 4 members (excludes halogenated alkanes) is 18. The topological polar surface area (TPSA) is 149 Å². The molecule has 1 unspecified atom stereocenters. The van der Waals surface area contributed by atoms with Crippen molar-refractivity contribution < 1.29 is 52.3 Å². The highest BCUT2D eigenvalue weighted by Gasteiger charge is 2.27. The first-order valence-electron chi connectivity index (χ1n) is 22.0. The first-order valence-corrected chi connectivity index (χ1v) is 23.5. The number of rotatable bonds is 39. The molecular weight excluding hydrogens is 733 g/mol. The Morgan fingerprint density at radius 2 is 1.12 bits per heavy atom. The molecule has 0 aromatic carbocycles. The lowest BCUT2D eigenvalue weighted by atomic mass is 10.0. The van der Waals surface area contributed by atoms with Gasteiger partial charge in [-0.1, -0.05) is 129 Å². The second-order valence-electron chi connectivity index (χ2n) is 16.1. The van der Waals surface area contributed by atoms with Crippen molar-refractivity contribution in [3.05, 3.63) is 35.8 Å². The summed E-state index contributed by atoms with van der Waals surface area (Å²) in [5, 5.41) is 19.9. The molecule has 12 heteroatoms. The molecule has 0 amide bonds. The SMILES string of the molecule is CCCCCCCCCCCCCCCC(=O)OC[C@H](COP(=O)(O)OCC[N+](C)(C)C)OC(=O)CCCCCC/C=C/C/C(O)=C/C/C=C(\O)CCCCC. The fourth-order valence-corrected chi connectivity index (χ4v) is 6.57. The molecule has 0 rings (SSSR count). The highest BCUT2D eigenvalue weighted by atomic mass is 31.2. The van der Waals surface area contributed by atoms with Crippen LogP contribution in [0.3, 0.4) is 0 Å². The first-order chi connectivity index (χ1) is 26.8. The average molecular weight is 817 g/mol. The summed E-state index contributed by atoms with van der Waals surface area (Å²) in [5.74, 6) is -0.232. The van der Waals surface area contributed by atoms with Gasteiger partial charge < -0.3 is 29.1 Å². The third-order valence-electron chi connectivity index (χ3n) is 9.39. The van der Waals surface area contributed by atoms with E-state index in [2.05, 4.69) is 13.8 Å². The van der Waals surface area contributed by atoms with Crippen LogP contribution in [0.15, 0.2) is 35.8 Å². The lowest BCUT2D eigenvalue weighted by Gasteiger charge is -2.24. The molecule has 56 heavy (non-hydrogen) atoms. The van der Waals surface area contributed by atoms with Gasteiger partial charge in [0.15, 0.2) is 6.10 Å². The molecule has 0 heterocycles. The Balaban J connectivity index is 4.51. The number of phosphoric acid groups is 1. The number of aliphatic hydroxyl groups is 2. The van der Waals surface area contributed by atoms with Gasteiger partial charge in [-0.3, -0.25) is 18.6 Å². The van der Waals surface area contributed by atoms with Crippen molar-refractivity contribution in [2.45, 2.75) is 187 Å². The van der Waals surface area contributed by atoms with Gasteiger partial charge in [0.05, 0.1) is 39.3 Å². The van der Waals surface area contributed by atoms with Gasteiger partial charge >= 0.3 is 19.8 Å². The zero-order valence-electron chi connectivity index (χ0n) is 36.2. The van der Waals surface area contributed by atoms with Crippen LogP contribution in [0.2, 0.25) is 0 Å². The predicted molar refractivity (Wildman–Crippen MR) is 227 cm³/mol. The summed E-state index contributed by atoms with van der Waals surface area (Å²) in [5.41, 5.74) is 0. The van der Waals surface area contributed by atoms with E-state index in [0.717, 1.165) is 64.2 Å². The second-order valence-corrected chi connectivity index (χ2v) is 17.6. The number of carbonyl (C=O) groups excluding carboxylic acids is 2. The molecule has 0 aliphatic carbocycles. The Kier molecular flexibility index (Phi) is 34.6.